The molecule has 2 spiro atoms. The summed E-state index contributed by atoms with van der Waals surface area (Å²) in [6.45, 7) is 22.4. The summed E-state index contributed by atoms with van der Waals surface area (Å²) in [5.74, 6) is -0.699. The number of esters is 2. The Bertz CT molecular complexity index is 3180. The zero-order valence-electron chi connectivity index (χ0n) is 54.4. The van der Waals surface area contributed by atoms with Gasteiger partial charge in [0, 0.05) is 73.2 Å². The molecule has 92 heavy (non-hydrogen) atoms. The van der Waals surface area contributed by atoms with Crippen molar-refractivity contribution in [2.45, 2.75) is 150 Å². The third-order valence-electron chi connectivity index (χ3n) is 21.2. The summed E-state index contributed by atoms with van der Waals surface area (Å²) in [7, 11) is 5.72. The molecule has 4 aliphatic carbocycles. The number of halogens is 2. The minimum Gasteiger partial charge on any atom is -0.490 e. The summed E-state index contributed by atoms with van der Waals surface area (Å²) in [6.07, 6.45) is 15.2. The van der Waals surface area contributed by atoms with Crippen LogP contribution in [0.3, 0.4) is 0 Å². The Morgan fingerprint density at radius 2 is 1.02 bits per heavy atom. The second-order valence-electron chi connectivity index (χ2n) is 26.8. The largest absolute Gasteiger partial charge is 0.490 e. The second kappa shape index (κ2) is 29.3. The monoisotopic (exact) mass is 1300 g/mol. The summed E-state index contributed by atoms with van der Waals surface area (Å²) < 4.78 is 23.3. The van der Waals surface area contributed by atoms with E-state index in [2.05, 4.69) is 60.4 Å². The van der Waals surface area contributed by atoms with Crippen molar-refractivity contribution >= 4 is 58.3 Å². The lowest BCUT2D eigenvalue weighted by molar-refractivity contribution is -0.168. The van der Waals surface area contributed by atoms with E-state index >= 15 is 0 Å². The van der Waals surface area contributed by atoms with Gasteiger partial charge in [-0.05, 0) is 196 Å². The smallest absolute Gasteiger partial charge is 0.343 e. The number of aliphatic hydroxyl groups is 4. The molecular weight excluding hydrogens is 1210 g/mol. The van der Waals surface area contributed by atoms with Gasteiger partial charge in [0.05, 0.1) is 63.9 Å². The van der Waals surface area contributed by atoms with Crippen molar-refractivity contribution in [3.8, 4) is 11.5 Å². The molecule has 4 aromatic rings. The maximum atomic E-state index is 13.4. The first-order valence-corrected chi connectivity index (χ1v) is 33.3. The van der Waals surface area contributed by atoms with Crippen LogP contribution in [0.2, 0.25) is 10.0 Å². The minimum absolute atomic E-state index is 0.0967. The van der Waals surface area contributed by atoms with Crippen molar-refractivity contribution in [1.29, 1.82) is 0 Å². The van der Waals surface area contributed by atoms with Gasteiger partial charge in [-0.2, -0.15) is 0 Å². The first kappa shape index (κ1) is 69.7. The normalized spacial score (nSPS) is 24.5. The van der Waals surface area contributed by atoms with Gasteiger partial charge in [0.25, 0.3) is 0 Å². The van der Waals surface area contributed by atoms with Gasteiger partial charge in [0.15, 0.2) is 11.2 Å². The Balaban J connectivity index is 0.000000217. The summed E-state index contributed by atoms with van der Waals surface area (Å²) in [5.41, 5.74) is 1.83. The lowest BCUT2D eigenvalue weighted by Gasteiger charge is -2.45. The van der Waals surface area contributed by atoms with Crippen molar-refractivity contribution in [3.05, 3.63) is 167 Å². The van der Waals surface area contributed by atoms with Crippen LogP contribution in [0.4, 0.5) is 11.4 Å². The van der Waals surface area contributed by atoms with Crippen molar-refractivity contribution in [3.63, 3.8) is 0 Å². The predicted octanol–water partition coefficient (Wildman–Crippen LogP) is 11.1. The first-order chi connectivity index (χ1) is 43.9. The molecule has 0 unspecified atom stereocenters. The average Bonchev–Trinajstić information content (AvgIpc) is 1.50. The van der Waals surface area contributed by atoms with Crippen LogP contribution in [0.1, 0.15) is 124 Å². The van der Waals surface area contributed by atoms with E-state index in [-0.39, 0.29) is 57.7 Å². The number of aliphatic hydroxyl groups excluding tert-OH is 2. The van der Waals surface area contributed by atoms with Gasteiger partial charge in [-0.25, -0.2) is 9.59 Å². The van der Waals surface area contributed by atoms with Crippen LogP contribution >= 0.6 is 23.2 Å². The number of methoxy groups -OCH3 is 2. The predicted molar refractivity (Wildman–Crippen MR) is 360 cm³/mol. The average molecular weight is 1300 g/mol. The molecule has 4 N–H and O–H groups in total. The third-order valence-corrected chi connectivity index (χ3v) is 21.7. The van der Waals surface area contributed by atoms with Gasteiger partial charge in [-0.15, -0.1) is 26.3 Å². The zero-order valence-corrected chi connectivity index (χ0v) is 55.9. The lowest BCUT2D eigenvalue weighted by Crippen LogP contribution is -2.49. The number of nitrogens with zero attached hydrogens (tertiary/aromatic N) is 4. The maximum absolute atomic E-state index is 13.4. The van der Waals surface area contributed by atoms with E-state index in [0.717, 1.165) is 75.6 Å². The molecule has 496 valence electrons. The lowest BCUT2D eigenvalue weighted by atomic mass is 9.68. The molecule has 6 aliphatic rings. The summed E-state index contributed by atoms with van der Waals surface area (Å²) in [4.78, 5) is 60.9. The highest BCUT2D eigenvalue weighted by molar-refractivity contribution is 6.31. The molecular formula is C74H94Cl2N4O12. The van der Waals surface area contributed by atoms with Gasteiger partial charge < -0.3 is 59.0 Å². The van der Waals surface area contributed by atoms with E-state index in [1.54, 1.807) is 74.8 Å². The van der Waals surface area contributed by atoms with Crippen LogP contribution < -0.4 is 19.3 Å². The van der Waals surface area contributed by atoms with Crippen LogP contribution in [0.25, 0.3) is 0 Å². The van der Waals surface area contributed by atoms with Gasteiger partial charge >= 0.3 is 11.9 Å². The molecule has 2 fully saturated rings. The molecule has 10 rings (SSSR count). The summed E-state index contributed by atoms with van der Waals surface area (Å²) >= 11 is 12.8. The molecule has 18 heteroatoms. The summed E-state index contributed by atoms with van der Waals surface area (Å²) in [6, 6.07) is 22.3. The van der Waals surface area contributed by atoms with Crippen LogP contribution in [0.15, 0.2) is 123 Å². The molecule has 2 amide bonds. The number of benzene rings is 4. The van der Waals surface area contributed by atoms with Crippen LogP contribution in [0.5, 0.6) is 11.5 Å². The number of aryl methyl sites for hydroxylation is 2. The number of rotatable bonds is 22. The molecule has 12 atom stereocenters. The maximum Gasteiger partial charge on any atom is 0.343 e. The molecule has 0 bridgehead atoms. The van der Waals surface area contributed by atoms with Crippen LogP contribution in [0, 0.1) is 23.7 Å². The first-order valence-electron chi connectivity index (χ1n) is 32.5. The third kappa shape index (κ3) is 14.2. The second-order valence-corrected chi connectivity index (χ2v) is 27.7. The van der Waals surface area contributed by atoms with Crippen molar-refractivity contribution in [1.82, 2.24) is 9.80 Å². The Labute approximate surface area is 553 Å². The quantitative estimate of drug-likeness (QED) is 0.0428. The standard InChI is InChI=1S/2C37H47ClN2O6/c2*1-6-9-24(3)39(4)34(42)20-37(44,35(43)45-5)27-12-16-33-31(19-27)40(21-26-11-14-29(26)32(41)7-2)22-36(23-46-33)17-8-10-25-18-28(38)13-15-30(25)36/h2*6-7,12-13,15-16,18-19,24,26,29,32,41,44H,1-2,8-11,14,17,20-23H2,3-5H3/t24-,26+,29-,32+,36+,37+;24-,26+,29-,32+,36+,37-/m11/s1. The Kier molecular flexibility index (Phi) is 22.2. The zero-order chi connectivity index (χ0) is 66.5. The van der Waals surface area contributed by atoms with E-state index in [1.165, 1.54) is 46.3 Å². The van der Waals surface area contributed by atoms with Gasteiger partial charge in [-0.1, -0.05) is 71.8 Å². The van der Waals surface area contributed by atoms with E-state index in [4.69, 9.17) is 42.1 Å². The molecule has 4 aromatic carbocycles. The fraction of sp³-hybridized carbons (Fsp3) is 0.514. The molecule has 2 heterocycles. The van der Waals surface area contributed by atoms with E-state index in [0.29, 0.717) is 73.8 Å². The van der Waals surface area contributed by atoms with Crippen LogP contribution in [-0.2, 0) is 63.5 Å². The van der Waals surface area contributed by atoms with Crippen molar-refractivity contribution in [2.75, 3.05) is 77.5 Å². The minimum atomic E-state index is -2.22. The molecule has 0 aromatic heterocycles. The number of anilines is 2. The number of hydrogen-bond acceptors (Lipinski definition) is 14. The van der Waals surface area contributed by atoms with Gasteiger partial charge in [0.2, 0.25) is 11.8 Å². The van der Waals surface area contributed by atoms with E-state index in [9.17, 15) is 39.6 Å². The molecule has 16 nitrogen and oxygen atoms in total. The number of amides is 2. The van der Waals surface area contributed by atoms with E-state index < -0.39 is 60.0 Å². The highest BCUT2D eigenvalue weighted by atomic mass is 35.5. The highest BCUT2D eigenvalue weighted by Crippen LogP contribution is 2.50. The van der Waals surface area contributed by atoms with Crippen molar-refractivity contribution < 1.29 is 58.6 Å². The number of fused-ring (bicyclic) bond motifs is 6. The number of ether oxygens (including phenoxy) is 4. The number of carbonyl (C=O) groups is 4. The molecule has 2 aliphatic heterocycles. The van der Waals surface area contributed by atoms with Crippen LogP contribution in [-0.4, -0.2) is 146 Å². The Morgan fingerprint density at radius 3 is 1.36 bits per heavy atom. The molecule has 0 saturated heterocycles. The van der Waals surface area contributed by atoms with Gasteiger partial charge in [0.1, 0.15) is 11.5 Å². The number of hydrogen-bond donors (Lipinski definition) is 4. The van der Waals surface area contributed by atoms with Gasteiger partial charge in [-0.3, -0.25) is 9.59 Å². The topological polar surface area (TPSA) is 199 Å². The fourth-order valence-corrected chi connectivity index (χ4v) is 15.5. The SMILES string of the molecule is C=CC[C@@H](C)N(C)C(=O)C[C@@](O)(C(=O)OC)c1ccc2c(c1)N(C[C@@H]1CC[C@H]1[C@@H](O)C=C)C[C@@]1(CCCc3cc(Cl)ccc31)CO2.C=CC[C@@H](C)N(C)C(=O)C[C@](O)(C(=O)OC)c1ccc2c(c1)N(C[C@@H]1CC[C@H]1[C@@H](O)C=C)C[C@@]1(CCCc3cc(Cl)ccc31)CO2. The fourth-order valence-electron chi connectivity index (χ4n) is 15.1. The highest BCUT2D eigenvalue weighted by Gasteiger charge is 2.50. The van der Waals surface area contributed by atoms with Crippen molar-refractivity contribution in [2.24, 2.45) is 23.7 Å². The Morgan fingerprint density at radius 1 is 0.630 bits per heavy atom. The van der Waals surface area contributed by atoms with E-state index in [1.807, 2.05) is 26.0 Å². The molecule has 0 radical (unpaired) electrons. The molecule has 2 saturated carbocycles. The number of carbonyl (C=O) groups excluding carboxylic acids is 4. The summed E-state index contributed by atoms with van der Waals surface area (Å²) in [5, 5.41) is 46.7. The Hall–Kier alpha value is -6.66.